The molecule has 2 atom stereocenters. The first kappa shape index (κ1) is 21.7. The number of nitrogens with one attached hydrogen (secondary N) is 1. The summed E-state index contributed by atoms with van der Waals surface area (Å²) in [7, 11) is 0. The summed E-state index contributed by atoms with van der Waals surface area (Å²) in [5, 5.41) is 37.8. The van der Waals surface area contributed by atoms with E-state index in [4.69, 9.17) is 16.1 Å². The zero-order valence-corrected chi connectivity index (χ0v) is 17.3. The molecule has 0 spiro atoms. The molecule has 0 saturated carbocycles. The number of fused-ring (bicyclic) bond motifs is 1. The summed E-state index contributed by atoms with van der Waals surface area (Å²) in [4.78, 5) is 42.2. The van der Waals surface area contributed by atoms with Crippen LogP contribution in [0.5, 0.6) is 0 Å². The lowest BCUT2D eigenvalue weighted by Crippen LogP contribution is -2.71. The third kappa shape index (κ3) is 4.12. The number of nitrogens with zero attached hydrogens (tertiary/aromatic N) is 4. The van der Waals surface area contributed by atoms with Crippen LogP contribution in [-0.2, 0) is 14.4 Å². The molecule has 6 N–H and O–H groups in total. The van der Waals surface area contributed by atoms with Gasteiger partial charge in [0.15, 0.2) is 10.8 Å². The van der Waals surface area contributed by atoms with Gasteiger partial charge in [-0.2, -0.15) is 0 Å². The van der Waals surface area contributed by atoms with Crippen LogP contribution in [-0.4, -0.2) is 72.3 Å². The van der Waals surface area contributed by atoms with Crippen molar-refractivity contribution in [3.8, 4) is 0 Å². The quantitative estimate of drug-likeness (QED) is 0.160. The monoisotopic (exact) mass is 470 g/mol. The molecule has 1 unspecified atom stereocenters. The number of nitrogens with two attached hydrogens (primary N) is 1. The van der Waals surface area contributed by atoms with E-state index in [1.54, 1.807) is 0 Å². The molecule has 2 amide bonds. The number of rotatable bonds is 7. The fourth-order valence-electron chi connectivity index (χ4n) is 2.70. The summed E-state index contributed by atoms with van der Waals surface area (Å²) in [6, 6.07) is -0.992. The number of carbonyl (C=O) groups excluding carboxylic acids is 2. The number of carbonyl (C=O) groups is 3. The zero-order chi connectivity index (χ0) is 21.8. The lowest BCUT2D eigenvalue weighted by Gasteiger charge is -2.49. The Hall–Kier alpha value is -3.04. The van der Waals surface area contributed by atoms with Crippen LogP contribution in [0.1, 0.15) is 5.69 Å². The lowest BCUT2D eigenvalue weighted by molar-refractivity contribution is -0.150. The minimum Gasteiger partial charge on any atom is -0.477 e. The third-order valence-corrected chi connectivity index (χ3v) is 7.00. The van der Waals surface area contributed by atoms with Gasteiger partial charge in [-0.3, -0.25) is 14.5 Å². The molecule has 0 aromatic carbocycles. The summed E-state index contributed by atoms with van der Waals surface area (Å²) < 4.78 is 0. The number of carboxylic acids is 1. The van der Waals surface area contributed by atoms with Crippen LogP contribution in [0.4, 0.5) is 5.13 Å². The van der Waals surface area contributed by atoms with Crippen molar-refractivity contribution < 1.29 is 29.9 Å². The molecule has 1 fully saturated rings. The fraction of sp³-hybridized carbons (Fsp3) is 0.200. The second-order valence-electron chi connectivity index (χ2n) is 5.67. The molecule has 1 aromatic rings. The van der Waals surface area contributed by atoms with Crippen molar-refractivity contribution in [2.24, 2.45) is 10.3 Å². The van der Waals surface area contributed by atoms with E-state index in [0.717, 1.165) is 34.2 Å². The highest BCUT2D eigenvalue weighted by molar-refractivity contribution is 8.08. The number of β-lactam (4-membered cyclic amide) rings is 1. The number of carboxylic acid groups (broad SMARTS) is 1. The van der Waals surface area contributed by atoms with Crippen molar-refractivity contribution in [1.82, 2.24) is 15.2 Å². The Morgan fingerprint density at radius 1 is 1.43 bits per heavy atom. The topological polar surface area (TPSA) is 191 Å². The maximum Gasteiger partial charge on any atom is 0.353 e. The predicted octanol–water partition coefficient (Wildman–Crippen LogP) is 0.307. The van der Waals surface area contributed by atoms with Crippen LogP contribution in [0.25, 0.3) is 0 Å². The van der Waals surface area contributed by atoms with Crippen LogP contribution >= 0.6 is 34.9 Å². The number of oxime groups is 2. The van der Waals surface area contributed by atoms with E-state index in [1.165, 1.54) is 28.6 Å². The largest absolute Gasteiger partial charge is 0.477 e. The molecule has 0 aliphatic carbocycles. The Bertz CT molecular complexity index is 1000. The molecule has 3 rings (SSSR count). The normalized spacial score (nSPS) is 21.8. The first-order valence-corrected chi connectivity index (χ1v) is 10.8. The number of aliphatic carboxylic acids is 1. The molecule has 2 aliphatic rings. The summed E-state index contributed by atoms with van der Waals surface area (Å²) in [6.07, 6.45) is 2.53. The number of amides is 2. The summed E-state index contributed by atoms with van der Waals surface area (Å²) in [6.45, 7) is 0. The predicted molar refractivity (Wildman–Crippen MR) is 112 cm³/mol. The maximum absolute atomic E-state index is 12.6. The highest BCUT2D eigenvalue weighted by Gasteiger charge is 2.54. The molecular weight excluding hydrogens is 456 g/mol. The van der Waals surface area contributed by atoms with Crippen molar-refractivity contribution in [2.45, 2.75) is 11.4 Å². The standard InChI is InChI=1S/C15H14N6O6S3/c16-15-18-6(4-30-15)8(20-27)11(22)19-9-12(23)21-10(14(24)25)7(5-29-13(9)21)28-3-1-2-17-26/h1-4,9,13,26-27H,5H2,(H2,16,18)(H,19,22)(H,24,25)/b3-1-,17-2+,20-8-/t9?,13-/m1/s1. The van der Waals surface area contributed by atoms with Gasteiger partial charge in [0.1, 0.15) is 22.8 Å². The highest BCUT2D eigenvalue weighted by Crippen LogP contribution is 2.43. The van der Waals surface area contributed by atoms with E-state index >= 15 is 0 Å². The van der Waals surface area contributed by atoms with Gasteiger partial charge in [-0.05, 0) is 11.5 Å². The summed E-state index contributed by atoms with van der Waals surface area (Å²) in [5.41, 5.74) is 4.99. The van der Waals surface area contributed by atoms with Crippen LogP contribution in [0.2, 0.25) is 0 Å². The van der Waals surface area contributed by atoms with Gasteiger partial charge in [0.2, 0.25) is 0 Å². The van der Waals surface area contributed by atoms with Gasteiger partial charge in [-0.1, -0.05) is 22.1 Å². The molecule has 15 heteroatoms. The number of aromatic nitrogens is 1. The first-order chi connectivity index (χ1) is 14.4. The minimum absolute atomic E-state index is 0.0560. The average Bonchev–Trinajstić information content (AvgIpc) is 3.15. The van der Waals surface area contributed by atoms with Crippen LogP contribution in [0.15, 0.2) is 37.8 Å². The molecule has 0 radical (unpaired) electrons. The zero-order valence-electron chi connectivity index (χ0n) is 14.8. The van der Waals surface area contributed by atoms with Gasteiger partial charge in [-0.25, -0.2) is 9.78 Å². The smallest absolute Gasteiger partial charge is 0.353 e. The number of thioether (sulfide) groups is 2. The van der Waals surface area contributed by atoms with Gasteiger partial charge < -0.3 is 26.6 Å². The number of nitrogen functional groups attached to an aromatic ring is 1. The molecular formula is C15H14N6O6S3. The van der Waals surface area contributed by atoms with Crippen molar-refractivity contribution in [3.05, 3.63) is 33.2 Å². The Morgan fingerprint density at radius 2 is 2.20 bits per heavy atom. The second-order valence-corrected chi connectivity index (χ2v) is 8.66. The van der Waals surface area contributed by atoms with Crippen molar-refractivity contribution >= 4 is 69.7 Å². The average molecular weight is 471 g/mol. The molecule has 30 heavy (non-hydrogen) atoms. The molecule has 1 saturated heterocycles. The Labute approximate surface area is 181 Å². The van der Waals surface area contributed by atoms with Gasteiger partial charge in [0, 0.05) is 16.0 Å². The lowest BCUT2D eigenvalue weighted by atomic mass is 10.0. The Morgan fingerprint density at radius 3 is 2.80 bits per heavy atom. The van der Waals surface area contributed by atoms with Crippen molar-refractivity contribution in [3.63, 3.8) is 0 Å². The highest BCUT2D eigenvalue weighted by atomic mass is 32.2. The third-order valence-electron chi connectivity index (χ3n) is 3.94. The number of thiazole rings is 1. The molecule has 3 heterocycles. The van der Waals surface area contributed by atoms with E-state index in [9.17, 15) is 19.5 Å². The fourth-order valence-corrected chi connectivity index (χ4v) is 5.52. The van der Waals surface area contributed by atoms with Gasteiger partial charge >= 0.3 is 5.97 Å². The van der Waals surface area contributed by atoms with Crippen molar-refractivity contribution in [2.75, 3.05) is 11.5 Å². The van der Waals surface area contributed by atoms with Gasteiger partial charge in [0.05, 0.1) is 6.21 Å². The molecule has 2 aliphatic heterocycles. The van der Waals surface area contributed by atoms with Crippen LogP contribution in [0.3, 0.4) is 0 Å². The summed E-state index contributed by atoms with van der Waals surface area (Å²) >= 11 is 3.41. The van der Waals surface area contributed by atoms with E-state index in [1.807, 2.05) is 0 Å². The Balaban J connectivity index is 1.75. The van der Waals surface area contributed by atoms with E-state index in [0.29, 0.717) is 4.91 Å². The first-order valence-electron chi connectivity index (χ1n) is 8.03. The molecule has 0 bridgehead atoms. The van der Waals surface area contributed by atoms with E-state index in [-0.39, 0.29) is 22.3 Å². The van der Waals surface area contributed by atoms with Crippen molar-refractivity contribution in [1.29, 1.82) is 0 Å². The maximum atomic E-state index is 12.6. The summed E-state index contributed by atoms with van der Waals surface area (Å²) in [5.74, 6) is -2.43. The molecule has 158 valence electrons. The number of hydrogen-bond acceptors (Lipinski definition) is 12. The van der Waals surface area contributed by atoms with Crippen LogP contribution < -0.4 is 11.1 Å². The van der Waals surface area contributed by atoms with Gasteiger partial charge in [-0.15, -0.1) is 23.1 Å². The van der Waals surface area contributed by atoms with Crippen LogP contribution in [0, 0.1) is 0 Å². The Kier molecular flexibility index (Phi) is 6.63. The SMILES string of the molecule is Nc1nc(/C(=N/O)C(=O)NC2C(=O)N3C(C(=O)O)=C(S/C=C\C=N\O)CS[C@H]23)cs1. The number of allylic oxidation sites excluding steroid dienone is 1. The van der Waals surface area contributed by atoms with E-state index < -0.39 is 34.9 Å². The number of hydrogen-bond donors (Lipinski definition) is 5. The van der Waals surface area contributed by atoms with E-state index in [2.05, 4.69) is 20.6 Å². The number of anilines is 1. The minimum atomic E-state index is -1.28. The molecule has 12 nitrogen and oxygen atoms in total. The molecule has 1 aromatic heterocycles. The van der Waals surface area contributed by atoms with Gasteiger partial charge in [0.25, 0.3) is 11.8 Å². The second kappa shape index (κ2) is 9.19.